The number of aryl methyl sites for hydroxylation is 1. The number of benzene rings is 1. The Morgan fingerprint density at radius 3 is 2.40 bits per heavy atom. The first-order valence-corrected chi connectivity index (χ1v) is 9.24. The highest BCUT2D eigenvalue weighted by Gasteiger charge is 2.44. The molecule has 1 fully saturated rings. The van der Waals surface area contributed by atoms with Crippen molar-refractivity contribution in [2.45, 2.75) is 43.9 Å². The van der Waals surface area contributed by atoms with Gasteiger partial charge in [0.25, 0.3) is 0 Å². The van der Waals surface area contributed by atoms with Crippen molar-refractivity contribution in [3.8, 4) is 0 Å². The molecule has 136 valence electrons. The van der Waals surface area contributed by atoms with Crippen LogP contribution >= 0.6 is 22.9 Å². The van der Waals surface area contributed by atoms with Crippen molar-refractivity contribution < 1.29 is 25.2 Å². The minimum Gasteiger partial charge on any atom is -0.394 e. The van der Waals surface area contributed by atoms with Crippen LogP contribution in [0.25, 0.3) is 0 Å². The molecule has 2 heterocycles. The molecule has 0 radical (unpaired) electrons. The molecule has 3 rings (SSSR count). The lowest BCUT2D eigenvalue weighted by Gasteiger charge is -2.39. The zero-order valence-corrected chi connectivity index (χ0v) is 15.2. The Labute approximate surface area is 155 Å². The molecule has 0 bridgehead atoms. The second-order valence-corrected chi connectivity index (χ2v) is 7.91. The van der Waals surface area contributed by atoms with Crippen LogP contribution < -0.4 is 0 Å². The van der Waals surface area contributed by atoms with E-state index in [0.717, 1.165) is 27.3 Å². The third-order valence-electron chi connectivity index (χ3n) is 4.49. The van der Waals surface area contributed by atoms with Gasteiger partial charge in [-0.05, 0) is 36.2 Å². The van der Waals surface area contributed by atoms with E-state index in [0.29, 0.717) is 5.02 Å². The first-order chi connectivity index (χ1) is 11.9. The van der Waals surface area contributed by atoms with Gasteiger partial charge in [-0.15, -0.1) is 11.3 Å². The van der Waals surface area contributed by atoms with E-state index in [1.54, 1.807) is 0 Å². The normalized spacial score (nSPS) is 29.8. The summed E-state index contributed by atoms with van der Waals surface area (Å²) in [6.45, 7) is 1.55. The summed E-state index contributed by atoms with van der Waals surface area (Å²) in [6.07, 6.45) is -4.91. The predicted molar refractivity (Wildman–Crippen MR) is 96.0 cm³/mol. The molecule has 25 heavy (non-hydrogen) atoms. The summed E-state index contributed by atoms with van der Waals surface area (Å²) in [4.78, 5) is 1.88. The maximum Gasteiger partial charge on any atom is 0.121 e. The minimum absolute atomic E-state index is 0.427. The van der Waals surface area contributed by atoms with E-state index < -0.39 is 37.1 Å². The molecular weight excluding hydrogens is 364 g/mol. The average Bonchev–Trinajstić information content (AvgIpc) is 2.95. The van der Waals surface area contributed by atoms with Gasteiger partial charge >= 0.3 is 0 Å². The van der Waals surface area contributed by atoms with Crippen LogP contribution in [0.15, 0.2) is 30.3 Å². The molecule has 0 amide bonds. The van der Waals surface area contributed by atoms with Crippen molar-refractivity contribution in [3.05, 3.63) is 56.2 Å². The highest BCUT2D eigenvalue weighted by atomic mass is 35.5. The van der Waals surface area contributed by atoms with Crippen molar-refractivity contribution in [2.75, 3.05) is 6.61 Å². The van der Waals surface area contributed by atoms with Crippen LogP contribution in [0.2, 0.25) is 5.02 Å². The predicted octanol–water partition coefficient (Wildman–Crippen LogP) is 1.82. The summed E-state index contributed by atoms with van der Waals surface area (Å²) in [7, 11) is 0. The van der Waals surface area contributed by atoms with Gasteiger partial charge in [0.2, 0.25) is 0 Å². The second kappa shape index (κ2) is 7.72. The number of thiophene rings is 1. The Hall–Kier alpha value is -0.990. The summed E-state index contributed by atoms with van der Waals surface area (Å²) in [6, 6.07) is 9.55. The van der Waals surface area contributed by atoms with Crippen LogP contribution in [0, 0.1) is 6.92 Å². The van der Waals surface area contributed by atoms with E-state index >= 15 is 0 Å². The lowest BCUT2D eigenvalue weighted by molar-refractivity contribution is -0.230. The lowest BCUT2D eigenvalue weighted by atomic mass is 9.94. The number of aliphatic hydroxyl groups is 4. The van der Waals surface area contributed by atoms with Gasteiger partial charge in [0, 0.05) is 21.2 Å². The number of aliphatic hydroxyl groups excluding tert-OH is 4. The van der Waals surface area contributed by atoms with Gasteiger partial charge in [-0.3, -0.25) is 0 Å². The smallest absolute Gasteiger partial charge is 0.121 e. The minimum atomic E-state index is -1.36. The van der Waals surface area contributed by atoms with E-state index in [1.165, 1.54) is 11.3 Å². The average molecular weight is 385 g/mol. The van der Waals surface area contributed by atoms with E-state index in [2.05, 4.69) is 0 Å². The standard InChI is InChI=1S/C18H21ClO5S/c1-9-6-14(18-17(23)16(22)15(21)12(8-20)24-18)25-13(9)7-10-2-4-11(19)5-3-10/h2-6,12,15-18,20-23H,7-8H2,1H3/t12-,15-,16+,17-,18+/m1/s1. The summed E-state index contributed by atoms with van der Waals surface area (Å²) >= 11 is 7.41. The number of hydrogen-bond acceptors (Lipinski definition) is 6. The Morgan fingerprint density at radius 2 is 1.76 bits per heavy atom. The molecule has 1 aliphatic rings. The van der Waals surface area contributed by atoms with Crippen molar-refractivity contribution in [1.29, 1.82) is 0 Å². The van der Waals surface area contributed by atoms with Gasteiger partial charge in [0.15, 0.2) is 0 Å². The van der Waals surface area contributed by atoms with E-state index in [4.69, 9.17) is 16.3 Å². The molecule has 1 aliphatic heterocycles. The van der Waals surface area contributed by atoms with Crippen LogP contribution in [0.3, 0.4) is 0 Å². The summed E-state index contributed by atoms with van der Waals surface area (Å²) in [5.74, 6) is 0. The monoisotopic (exact) mass is 384 g/mol. The van der Waals surface area contributed by atoms with Gasteiger partial charge in [0.1, 0.15) is 30.5 Å². The van der Waals surface area contributed by atoms with Gasteiger partial charge in [-0.1, -0.05) is 23.7 Å². The molecule has 7 heteroatoms. The van der Waals surface area contributed by atoms with Crippen molar-refractivity contribution in [2.24, 2.45) is 0 Å². The number of rotatable bonds is 4. The number of hydrogen-bond donors (Lipinski definition) is 4. The van der Waals surface area contributed by atoms with Crippen LogP contribution in [0.5, 0.6) is 0 Å². The first-order valence-electron chi connectivity index (χ1n) is 8.05. The molecule has 5 nitrogen and oxygen atoms in total. The maximum atomic E-state index is 10.3. The van der Waals surface area contributed by atoms with Crippen molar-refractivity contribution in [3.63, 3.8) is 0 Å². The molecule has 1 aromatic heterocycles. The molecule has 0 spiro atoms. The Balaban J connectivity index is 1.82. The number of ether oxygens (including phenoxy) is 1. The zero-order valence-electron chi connectivity index (χ0n) is 13.7. The largest absolute Gasteiger partial charge is 0.394 e. The molecule has 4 N–H and O–H groups in total. The van der Waals surface area contributed by atoms with Crippen molar-refractivity contribution >= 4 is 22.9 Å². The molecule has 1 aromatic carbocycles. The van der Waals surface area contributed by atoms with Crippen LogP contribution in [-0.2, 0) is 11.2 Å². The van der Waals surface area contributed by atoms with E-state index in [9.17, 15) is 20.4 Å². The third kappa shape index (κ3) is 3.90. The zero-order chi connectivity index (χ0) is 18.1. The van der Waals surface area contributed by atoms with Crippen LogP contribution in [-0.4, -0.2) is 51.4 Å². The second-order valence-electron chi connectivity index (χ2n) is 6.31. The van der Waals surface area contributed by atoms with Crippen LogP contribution in [0.4, 0.5) is 0 Å². The topological polar surface area (TPSA) is 90.2 Å². The molecule has 2 aromatic rings. The van der Waals surface area contributed by atoms with Gasteiger partial charge in [-0.2, -0.15) is 0 Å². The highest BCUT2D eigenvalue weighted by Crippen LogP contribution is 2.38. The van der Waals surface area contributed by atoms with E-state index in [-0.39, 0.29) is 0 Å². The highest BCUT2D eigenvalue weighted by molar-refractivity contribution is 7.12. The fraction of sp³-hybridized carbons (Fsp3) is 0.444. The summed E-state index contributed by atoms with van der Waals surface area (Å²) in [5, 5.41) is 40.1. The van der Waals surface area contributed by atoms with Gasteiger partial charge < -0.3 is 25.2 Å². The molecular formula is C18H21ClO5S. The first kappa shape index (κ1) is 18.8. The van der Waals surface area contributed by atoms with Crippen LogP contribution in [0.1, 0.15) is 27.0 Å². The molecule has 1 saturated heterocycles. The summed E-state index contributed by atoms with van der Waals surface area (Å²) in [5.41, 5.74) is 2.18. The lowest BCUT2D eigenvalue weighted by Crippen LogP contribution is -2.55. The summed E-state index contributed by atoms with van der Waals surface area (Å²) < 4.78 is 5.63. The van der Waals surface area contributed by atoms with Gasteiger partial charge in [0.05, 0.1) is 6.61 Å². The maximum absolute atomic E-state index is 10.3. The SMILES string of the molecule is Cc1cc([C@@H]2O[C@H](CO)[C@@H](O)[C@H](O)[C@H]2O)sc1Cc1ccc(Cl)cc1. The fourth-order valence-corrected chi connectivity index (χ4v) is 4.40. The molecule has 5 atom stereocenters. The third-order valence-corrected chi connectivity index (χ3v) is 6.04. The Morgan fingerprint density at radius 1 is 1.08 bits per heavy atom. The molecule has 0 saturated carbocycles. The number of halogens is 1. The van der Waals surface area contributed by atoms with E-state index in [1.807, 2.05) is 37.3 Å². The van der Waals surface area contributed by atoms with Gasteiger partial charge in [-0.25, -0.2) is 0 Å². The quantitative estimate of drug-likeness (QED) is 0.645. The fourth-order valence-electron chi connectivity index (χ4n) is 2.99. The Kier molecular flexibility index (Phi) is 5.80. The Bertz CT molecular complexity index is 715. The molecule has 0 aliphatic carbocycles. The molecule has 0 unspecified atom stereocenters. The van der Waals surface area contributed by atoms with Crippen molar-refractivity contribution in [1.82, 2.24) is 0 Å².